The zero-order valence-electron chi connectivity index (χ0n) is 21.5. The van der Waals surface area contributed by atoms with E-state index in [9.17, 15) is 24.8 Å². The number of piperazine rings is 1. The lowest BCUT2D eigenvalue weighted by atomic mass is 9.84. The largest absolute Gasteiger partial charge is 0.476 e. The van der Waals surface area contributed by atoms with Crippen molar-refractivity contribution in [3.05, 3.63) is 22.4 Å². The van der Waals surface area contributed by atoms with Crippen LogP contribution in [0.3, 0.4) is 0 Å². The maximum Gasteiger partial charge on any atom is 0.407 e. The molecule has 3 fully saturated rings. The van der Waals surface area contributed by atoms with Crippen molar-refractivity contribution in [2.24, 2.45) is 5.92 Å². The van der Waals surface area contributed by atoms with Crippen LogP contribution in [0.15, 0.2) is 12.3 Å². The van der Waals surface area contributed by atoms with Crippen LogP contribution in [0, 0.1) is 16.0 Å². The standard InChI is InChI=1S/C25H38N6O6/c1-18-17-29(25(33)34)11-12-30(18)24(32)19-5-7-20(8-6-19)27-21-15-23(26-16-22(21)31(35)36)37-14-13-28-9-3-2-4-10-28/h15-16,18-20H,2-14,17H2,1H3,(H,26,27)(H,33,34)/t18?,19-,20+. The van der Waals surface area contributed by atoms with Gasteiger partial charge in [-0.25, -0.2) is 9.78 Å². The maximum atomic E-state index is 13.1. The summed E-state index contributed by atoms with van der Waals surface area (Å²) in [7, 11) is 0. The third-order valence-electron chi connectivity index (χ3n) is 7.78. The number of hydrogen-bond donors (Lipinski definition) is 2. The van der Waals surface area contributed by atoms with E-state index in [2.05, 4.69) is 15.2 Å². The molecule has 2 aliphatic heterocycles. The van der Waals surface area contributed by atoms with Gasteiger partial charge in [0.2, 0.25) is 11.8 Å². The van der Waals surface area contributed by atoms with E-state index in [4.69, 9.17) is 4.74 Å². The molecule has 0 spiro atoms. The zero-order valence-corrected chi connectivity index (χ0v) is 21.5. The Hall–Kier alpha value is -3.15. The molecule has 1 aromatic rings. The second-order valence-electron chi connectivity index (χ2n) is 10.3. The van der Waals surface area contributed by atoms with E-state index in [0.29, 0.717) is 63.5 Å². The summed E-state index contributed by atoms with van der Waals surface area (Å²) in [6, 6.07) is 1.46. The third-order valence-corrected chi connectivity index (χ3v) is 7.78. The molecule has 12 heteroatoms. The van der Waals surface area contributed by atoms with E-state index in [-0.39, 0.29) is 29.6 Å². The van der Waals surface area contributed by atoms with Gasteiger partial charge in [0, 0.05) is 50.2 Å². The van der Waals surface area contributed by atoms with Crippen LogP contribution in [0.25, 0.3) is 0 Å². The summed E-state index contributed by atoms with van der Waals surface area (Å²) < 4.78 is 5.82. The minimum absolute atomic E-state index is 0.00707. The number of aromatic nitrogens is 1. The van der Waals surface area contributed by atoms with Gasteiger partial charge in [-0.2, -0.15) is 0 Å². The molecular formula is C25H38N6O6. The highest BCUT2D eigenvalue weighted by molar-refractivity contribution is 5.79. The molecule has 204 valence electrons. The third kappa shape index (κ3) is 7.00. The fourth-order valence-electron chi connectivity index (χ4n) is 5.63. The summed E-state index contributed by atoms with van der Waals surface area (Å²) in [5.74, 6) is 0.330. The number of hydrogen-bond acceptors (Lipinski definition) is 8. The van der Waals surface area contributed by atoms with Gasteiger partial charge in [-0.3, -0.25) is 19.8 Å². The molecule has 2 N–H and O–H groups in total. The molecule has 1 saturated carbocycles. The second kappa shape index (κ2) is 12.4. The molecular weight excluding hydrogens is 480 g/mol. The maximum absolute atomic E-state index is 13.1. The lowest BCUT2D eigenvalue weighted by Gasteiger charge is -2.41. The Balaban J connectivity index is 1.29. The predicted molar refractivity (Wildman–Crippen MR) is 137 cm³/mol. The van der Waals surface area contributed by atoms with Crippen molar-refractivity contribution < 1.29 is 24.4 Å². The van der Waals surface area contributed by atoms with Gasteiger partial charge in [0.05, 0.1) is 4.92 Å². The number of likely N-dealkylation sites (tertiary alicyclic amines) is 1. The van der Waals surface area contributed by atoms with Gasteiger partial charge < -0.3 is 25.0 Å². The molecule has 2 amide bonds. The molecule has 1 aliphatic carbocycles. The topological polar surface area (TPSA) is 141 Å². The first kappa shape index (κ1) is 26.9. The molecule has 4 rings (SSSR count). The van der Waals surface area contributed by atoms with E-state index in [1.165, 1.54) is 30.4 Å². The quantitative estimate of drug-likeness (QED) is 0.392. The fraction of sp³-hybridized carbons (Fsp3) is 0.720. The van der Waals surface area contributed by atoms with Crippen molar-refractivity contribution in [1.82, 2.24) is 19.7 Å². The number of piperidine rings is 1. The van der Waals surface area contributed by atoms with Gasteiger partial charge in [0.1, 0.15) is 18.5 Å². The highest BCUT2D eigenvalue weighted by Crippen LogP contribution is 2.33. The summed E-state index contributed by atoms with van der Waals surface area (Å²) in [5, 5.41) is 24.1. The van der Waals surface area contributed by atoms with Gasteiger partial charge in [-0.15, -0.1) is 0 Å². The predicted octanol–water partition coefficient (Wildman–Crippen LogP) is 3.04. The summed E-state index contributed by atoms with van der Waals surface area (Å²) in [6.07, 6.45) is 6.76. The molecule has 2 saturated heterocycles. The number of carbonyl (C=O) groups excluding carboxylic acids is 1. The minimum Gasteiger partial charge on any atom is -0.476 e. The molecule has 37 heavy (non-hydrogen) atoms. The Morgan fingerprint density at radius 2 is 1.89 bits per heavy atom. The highest BCUT2D eigenvalue weighted by Gasteiger charge is 2.35. The van der Waals surface area contributed by atoms with Gasteiger partial charge in [0.25, 0.3) is 0 Å². The summed E-state index contributed by atoms with van der Waals surface area (Å²) in [4.78, 5) is 45.2. The summed E-state index contributed by atoms with van der Waals surface area (Å²) in [5.41, 5.74) is 0.299. The van der Waals surface area contributed by atoms with Gasteiger partial charge >= 0.3 is 11.8 Å². The Kier molecular flexibility index (Phi) is 9.01. The average Bonchev–Trinajstić information content (AvgIpc) is 2.89. The monoisotopic (exact) mass is 518 g/mol. The van der Waals surface area contributed by atoms with Gasteiger partial charge in [-0.05, 0) is 58.5 Å². The molecule has 0 bridgehead atoms. The van der Waals surface area contributed by atoms with Crippen LogP contribution in [-0.2, 0) is 4.79 Å². The molecule has 3 heterocycles. The molecule has 1 atom stereocenters. The number of amides is 2. The zero-order chi connectivity index (χ0) is 26.4. The van der Waals surface area contributed by atoms with Crippen LogP contribution in [0.1, 0.15) is 51.9 Å². The number of carbonyl (C=O) groups is 2. The van der Waals surface area contributed by atoms with E-state index in [0.717, 1.165) is 19.6 Å². The SMILES string of the molecule is CC1CN(C(=O)O)CCN1C(=O)[C@H]1CC[C@@H](Nc2cc(OCCN3CCCCC3)ncc2[N+](=O)[O-])CC1. The molecule has 0 radical (unpaired) electrons. The first-order valence-corrected chi connectivity index (χ1v) is 13.4. The second-order valence-corrected chi connectivity index (χ2v) is 10.3. The van der Waals surface area contributed by atoms with E-state index in [1.807, 2.05) is 6.92 Å². The lowest BCUT2D eigenvalue weighted by Crippen LogP contribution is -2.56. The number of rotatable bonds is 8. The normalized spacial score (nSPS) is 24.9. The molecule has 12 nitrogen and oxygen atoms in total. The van der Waals surface area contributed by atoms with Crippen molar-refractivity contribution >= 4 is 23.4 Å². The number of nitro groups is 1. The first-order chi connectivity index (χ1) is 17.8. The van der Waals surface area contributed by atoms with Crippen LogP contribution < -0.4 is 10.1 Å². The van der Waals surface area contributed by atoms with Crippen molar-refractivity contribution in [3.8, 4) is 5.88 Å². The van der Waals surface area contributed by atoms with Gasteiger partial charge in [0.15, 0.2) is 0 Å². The fourth-order valence-corrected chi connectivity index (χ4v) is 5.63. The van der Waals surface area contributed by atoms with E-state index >= 15 is 0 Å². The van der Waals surface area contributed by atoms with Crippen LogP contribution in [0.4, 0.5) is 16.2 Å². The Morgan fingerprint density at radius 1 is 1.16 bits per heavy atom. The lowest BCUT2D eigenvalue weighted by molar-refractivity contribution is -0.384. The molecule has 0 aromatic carbocycles. The number of nitrogens with zero attached hydrogens (tertiary/aromatic N) is 5. The van der Waals surface area contributed by atoms with Gasteiger partial charge in [-0.1, -0.05) is 6.42 Å². The molecule has 3 aliphatic rings. The van der Waals surface area contributed by atoms with Crippen molar-refractivity contribution in [2.45, 2.75) is 64.0 Å². The van der Waals surface area contributed by atoms with E-state index in [1.54, 1.807) is 11.0 Å². The number of ether oxygens (including phenoxy) is 1. The summed E-state index contributed by atoms with van der Waals surface area (Å²) >= 11 is 0. The Bertz CT molecular complexity index is 963. The Labute approximate surface area is 217 Å². The van der Waals surface area contributed by atoms with Crippen molar-refractivity contribution in [3.63, 3.8) is 0 Å². The Morgan fingerprint density at radius 3 is 2.54 bits per heavy atom. The van der Waals surface area contributed by atoms with E-state index < -0.39 is 11.0 Å². The minimum atomic E-state index is -0.953. The van der Waals surface area contributed by atoms with Crippen molar-refractivity contribution in [2.75, 3.05) is 51.2 Å². The highest BCUT2D eigenvalue weighted by atomic mass is 16.6. The van der Waals surface area contributed by atoms with Crippen LogP contribution in [-0.4, -0.2) is 99.7 Å². The number of anilines is 1. The number of carboxylic acid groups (broad SMARTS) is 1. The van der Waals surface area contributed by atoms with Crippen LogP contribution >= 0.6 is 0 Å². The summed E-state index contributed by atoms with van der Waals surface area (Å²) in [6.45, 7) is 6.39. The molecule has 1 aromatic heterocycles. The van der Waals surface area contributed by atoms with Crippen LogP contribution in [0.2, 0.25) is 0 Å². The first-order valence-electron chi connectivity index (χ1n) is 13.4. The van der Waals surface area contributed by atoms with Crippen molar-refractivity contribution in [1.29, 1.82) is 0 Å². The average molecular weight is 519 g/mol. The number of nitrogens with one attached hydrogen (secondary N) is 1. The van der Waals surface area contributed by atoms with Crippen LogP contribution in [0.5, 0.6) is 5.88 Å². The smallest absolute Gasteiger partial charge is 0.407 e. The number of pyridine rings is 1. The molecule has 1 unspecified atom stereocenters.